The van der Waals surface area contributed by atoms with E-state index in [4.69, 9.17) is 54.9 Å². The third kappa shape index (κ3) is 14.7. The van der Waals surface area contributed by atoms with Crippen LogP contribution in [0.3, 0.4) is 0 Å². The molecule has 10 fully saturated rings. The van der Waals surface area contributed by atoms with Crippen LogP contribution in [0.5, 0.6) is 0 Å². The van der Waals surface area contributed by atoms with E-state index < -0.39 is 35.8 Å². The van der Waals surface area contributed by atoms with Crippen LogP contribution in [0, 0.1) is 34.5 Å². The van der Waals surface area contributed by atoms with Crippen LogP contribution in [0.1, 0.15) is 153 Å². The van der Waals surface area contributed by atoms with Crippen molar-refractivity contribution in [2.75, 3.05) is 26.3 Å². The van der Waals surface area contributed by atoms with Gasteiger partial charge in [0, 0.05) is 30.6 Å². The van der Waals surface area contributed by atoms with Crippen molar-refractivity contribution in [2.24, 2.45) is 40.2 Å². The SMILES string of the molecule is C.CC(C)(C)OC(=O)N1CCC[C@@H]1COC(=O)Cl.CC(C)(C)OC(=O)N1CCC[C@@H]1COC(=O)N[C@@H](Cc1ccccc1)B1O[C@@H]2C[C@@H]3C[C@@H](C3(C)C)[C@]2(C)O1.CC1(C)[C@@H]2C[C@H]3OB([C@@H](N)Cc4ccccc4)O[C@@]3(C)[C@H]1C2.Cl. The largest absolute Gasteiger partial charge is 0.482 e. The summed E-state index contributed by atoms with van der Waals surface area (Å²) < 4.78 is 47.1. The van der Waals surface area contributed by atoms with Crippen molar-refractivity contribution < 1.29 is 56.7 Å². The van der Waals surface area contributed by atoms with Crippen molar-refractivity contribution >= 4 is 62.0 Å². The number of hydrogen-bond acceptors (Lipinski definition) is 13. The maximum atomic E-state index is 13.1. The molecule has 2 aromatic rings. The predicted molar refractivity (Wildman–Crippen MR) is 310 cm³/mol. The van der Waals surface area contributed by atoms with Gasteiger partial charge in [0.25, 0.3) is 0 Å². The second-order valence-corrected chi connectivity index (χ2v) is 26.9. The lowest BCUT2D eigenvalue weighted by atomic mass is 9.43. The second kappa shape index (κ2) is 25.4. The molecule has 0 unspecified atom stereocenters. The van der Waals surface area contributed by atoms with E-state index in [0.29, 0.717) is 42.7 Å². The first-order valence-corrected chi connectivity index (χ1v) is 28.7. The van der Waals surface area contributed by atoms with Gasteiger partial charge in [-0.05, 0) is 165 Å². The van der Waals surface area contributed by atoms with Crippen LogP contribution in [-0.4, -0.2) is 133 Å². The monoisotopic (exact) mass is 1140 g/mol. The van der Waals surface area contributed by atoms with Gasteiger partial charge in [0.2, 0.25) is 0 Å². The average Bonchev–Trinajstić information content (AvgIpc) is 4.28. The van der Waals surface area contributed by atoms with E-state index in [1.807, 2.05) is 77.9 Å². The number of carbonyl (C=O) groups excluding carboxylic acids is 4. The van der Waals surface area contributed by atoms with E-state index in [2.05, 4.69) is 71.1 Å². The topological polar surface area (TPSA) is 187 Å². The summed E-state index contributed by atoms with van der Waals surface area (Å²) in [7, 11) is -0.831. The van der Waals surface area contributed by atoms with Crippen molar-refractivity contribution in [3.05, 3.63) is 71.8 Å². The number of nitrogens with one attached hydrogen (secondary N) is 1. The van der Waals surface area contributed by atoms with Gasteiger partial charge in [0.15, 0.2) is 0 Å². The molecule has 12 rings (SSSR count). The Balaban J connectivity index is 0.000000208. The predicted octanol–water partition coefficient (Wildman–Crippen LogP) is 11.6. The Morgan fingerprint density at radius 3 is 1.52 bits per heavy atom. The molecular weight excluding hydrogens is 1050 g/mol. The number of carbonyl (C=O) groups is 4. The fourth-order valence-corrected chi connectivity index (χ4v) is 13.9. The molecule has 79 heavy (non-hydrogen) atoms. The van der Waals surface area contributed by atoms with Gasteiger partial charge in [-0.2, -0.15) is 0 Å². The van der Waals surface area contributed by atoms with Gasteiger partial charge in [-0.25, -0.2) is 19.2 Å². The van der Waals surface area contributed by atoms with E-state index in [0.717, 1.165) is 56.4 Å². The third-order valence-electron chi connectivity index (χ3n) is 18.3. The number of ether oxygens (including phenoxy) is 4. The molecule has 440 valence electrons. The number of nitrogens with zero attached hydrogens (tertiary/aromatic N) is 2. The van der Waals surface area contributed by atoms with Crippen LogP contribution >= 0.6 is 24.0 Å². The molecule has 4 bridgehead atoms. The molecule has 20 heteroatoms. The van der Waals surface area contributed by atoms with Gasteiger partial charge in [0.05, 0.1) is 41.4 Å². The van der Waals surface area contributed by atoms with Gasteiger partial charge in [-0.3, -0.25) is 0 Å². The first-order chi connectivity index (χ1) is 36.1. The maximum Gasteiger partial charge on any atom is 0.482 e. The molecule has 0 radical (unpaired) electrons. The minimum Gasteiger partial charge on any atom is -0.451 e. The molecule has 3 N–H and O–H groups in total. The molecule has 6 saturated carbocycles. The normalized spacial score (nSPS) is 31.0. The summed E-state index contributed by atoms with van der Waals surface area (Å²) in [6, 6.07) is 20.1. The first-order valence-electron chi connectivity index (χ1n) is 28.3. The van der Waals surface area contributed by atoms with E-state index in [9.17, 15) is 19.2 Å². The number of rotatable bonds is 11. The Kier molecular flexibility index (Phi) is 20.7. The molecule has 0 aromatic heterocycles. The molecule has 0 spiro atoms. The molecule has 4 saturated heterocycles. The minimum absolute atomic E-state index is 0. The number of amides is 3. The Labute approximate surface area is 483 Å². The zero-order valence-corrected chi connectivity index (χ0v) is 49.8. The summed E-state index contributed by atoms with van der Waals surface area (Å²) in [6.45, 7) is 26.3. The Morgan fingerprint density at radius 2 is 1.09 bits per heavy atom. The van der Waals surface area contributed by atoms with Crippen LogP contribution in [0.2, 0.25) is 0 Å². The number of halogens is 2. The van der Waals surface area contributed by atoms with Crippen molar-refractivity contribution in [3.63, 3.8) is 0 Å². The second-order valence-electron chi connectivity index (χ2n) is 26.6. The average molecular weight is 1140 g/mol. The molecule has 16 nitrogen and oxygen atoms in total. The summed E-state index contributed by atoms with van der Waals surface area (Å²) in [5.41, 5.74) is 6.90. The van der Waals surface area contributed by atoms with Crippen LogP contribution in [0.4, 0.5) is 19.2 Å². The van der Waals surface area contributed by atoms with E-state index >= 15 is 0 Å². The molecule has 4 aliphatic heterocycles. The van der Waals surface area contributed by atoms with Gasteiger partial charge < -0.3 is 58.4 Å². The molecule has 2 aromatic carbocycles. The van der Waals surface area contributed by atoms with E-state index in [1.165, 1.54) is 18.4 Å². The highest BCUT2D eigenvalue weighted by Crippen LogP contribution is 2.67. The van der Waals surface area contributed by atoms with Crippen LogP contribution in [-0.2, 0) is 50.4 Å². The first kappa shape index (κ1) is 64.4. The summed E-state index contributed by atoms with van der Waals surface area (Å²) in [5.74, 6) is 1.95. The zero-order valence-electron chi connectivity index (χ0n) is 48.3. The maximum absolute atomic E-state index is 13.1. The molecule has 4 heterocycles. The fourth-order valence-electron chi connectivity index (χ4n) is 13.9. The lowest BCUT2D eigenvalue weighted by molar-refractivity contribution is -0.199. The number of alkyl carbamates (subject to hydrolysis) is 1. The highest BCUT2D eigenvalue weighted by molar-refractivity contribution is 6.61. The van der Waals surface area contributed by atoms with Crippen LogP contribution in [0.15, 0.2) is 60.7 Å². The van der Waals surface area contributed by atoms with E-state index in [-0.39, 0.29) is 99.2 Å². The lowest BCUT2D eigenvalue weighted by Crippen LogP contribution is -2.65. The molecule has 12 atom stereocenters. The molecule has 3 amide bonds. The van der Waals surface area contributed by atoms with Crippen LogP contribution < -0.4 is 11.1 Å². The van der Waals surface area contributed by atoms with Gasteiger partial charge >= 0.3 is 37.9 Å². The molecule has 10 aliphatic rings. The summed E-state index contributed by atoms with van der Waals surface area (Å²) in [6.07, 6.45) is 8.20. The van der Waals surface area contributed by atoms with E-state index in [1.54, 1.807) is 9.80 Å². The number of nitrogens with two attached hydrogens (primary N) is 1. The third-order valence-corrected chi connectivity index (χ3v) is 18.4. The van der Waals surface area contributed by atoms with Gasteiger partial charge in [-0.15, -0.1) is 12.4 Å². The van der Waals surface area contributed by atoms with Crippen molar-refractivity contribution in [3.8, 4) is 0 Å². The highest BCUT2D eigenvalue weighted by atomic mass is 35.5. The number of benzene rings is 2. The smallest absolute Gasteiger partial charge is 0.451 e. The van der Waals surface area contributed by atoms with Crippen LogP contribution in [0.25, 0.3) is 0 Å². The fraction of sp³-hybridized carbons (Fsp3) is 0.729. The number of hydrogen-bond donors (Lipinski definition) is 2. The molecule has 6 aliphatic carbocycles. The lowest BCUT2D eigenvalue weighted by Gasteiger charge is -2.64. The quantitative estimate of drug-likeness (QED) is 0.123. The molecular formula is C59H92B2Cl2N4O12. The van der Waals surface area contributed by atoms with Crippen molar-refractivity contribution in [1.29, 1.82) is 0 Å². The number of likely N-dealkylation sites (tertiary alicyclic amines) is 2. The standard InChI is InChI=1S/C29H43BN2O6.C18H26BNO2.C11H18ClNO4.CH4.ClH/c1-27(2,3)36-26(34)32-14-10-13-21(32)18-35-25(33)31-24(15-19-11-8-7-9-12-19)30-37-23-17-20-16-22(28(20,4)5)29(23,6)38-30;1-17(2)13-10-14(17)18(3)15(11-13)21-19(22-18)16(20)9-12-7-5-4-6-8-12;1-11(2,3)17-10(15)13-6-4-5-8(13)7-16-9(12)14;;/h7-9,11-12,20-24H,10,13-18H2,1-6H3,(H,31,33);4-8,13-16H,9-11,20H2,1-3H3;8H,4-7H2,1-3H3;1H4;1H/t20-,21+,22-,23+,24-,29-;13-,14-,15+,16-,18-;8-;;/m001../s1. The van der Waals surface area contributed by atoms with Crippen molar-refractivity contribution in [2.45, 2.75) is 213 Å². The Bertz CT molecular complexity index is 2380. The Hall–Kier alpha value is -3.77. The summed E-state index contributed by atoms with van der Waals surface area (Å²) in [5, 5.41) is 3.04. The van der Waals surface area contributed by atoms with Crippen molar-refractivity contribution in [1.82, 2.24) is 15.1 Å². The summed E-state index contributed by atoms with van der Waals surface area (Å²) >= 11 is 5.09. The van der Waals surface area contributed by atoms with Gasteiger partial charge in [-0.1, -0.05) is 95.8 Å². The Morgan fingerprint density at radius 1 is 0.671 bits per heavy atom. The highest BCUT2D eigenvalue weighted by Gasteiger charge is 2.70. The van der Waals surface area contributed by atoms with Gasteiger partial charge in [0.1, 0.15) is 24.4 Å². The summed E-state index contributed by atoms with van der Waals surface area (Å²) in [4.78, 5) is 51.3. The minimum atomic E-state index is -0.846. The zero-order chi connectivity index (χ0) is 55.9.